The minimum absolute atomic E-state index is 0.242. The third-order valence-corrected chi connectivity index (χ3v) is 5.31. The van der Waals surface area contributed by atoms with Crippen molar-refractivity contribution in [3.63, 3.8) is 0 Å². The first kappa shape index (κ1) is 16.3. The topological polar surface area (TPSA) is 92.5 Å². The molecule has 1 aliphatic rings. The van der Waals surface area contributed by atoms with Crippen LogP contribution in [-0.2, 0) is 10.0 Å². The monoisotopic (exact) mass is 377 g/mol. The molecule has 1 aromatic carbocycles. The Kier molecular flexibility index (Phi) is 5.31. The normalized spacial score (nSPS) is 16.2. The average Bonchev–Trinajstić information content (AvgIpc) is 2.91. The minimum atomic E-state index is -3.90. The molecule has 1 N–H and O–H groups in total. The SMILES string of the molecule is O=[N+]([O-])c1ccc(Br)cc1S(=O)(=O)NCCN1CCCC1. The summed E-state index contributed by atoms with van der Waals surface area (Å²) in [7, 11) is -3.90. The van der Waals surface area contributed by atoms with E-state index < -0.39 is 20.6 Å². The van der Waals surface area contributed by atoms with Gasteiger partial charge in [-0.1, -0.05) is 15.9 Å². The lowest BCUT2D eigenvalue weighted by Crippen LogP contribution is -2.33. The molecule has 1 aromatic rings. The van der Waals surface area contributed by atoms with Crippen molar-refractivity contribution >= 4 is 31.6 Å². The van der Waals surface area contributed by atoms with Gasteiger partial charge in [-0.3, -0.25) is 10.1 Å². The van der Waals surface area contributed by atoms with Gasteiger partial charge in [-0.25, -0.2) is 13.1 Å². The first-order valence-corrected chi connectivity index (χ1v) is 8.84. The maximum Gasteiger partial charge on any atom is 0.289 e. The molecule has 7 nitrogen and oxygen atoms in total. The zero-order valence-corrected chi connectivity index (χ0v) is 13.7. The van der Waals surface area contributed by atoms with Crippen LogP contribution in [0.1, 0.15) is 12.8 Å². The van der Waals surface area contributed by atoms with Crippen molar-refractivity contribution in [3.05, 3.63) is 32.8 Å². The van der Waals surface area contributed by atoms with Crippen LogP contribution in [0.5, 0.6) is 0 Å². The predicted molar refractivity (Wildman–Crippen MR) is 81.7 cm³/mol. The van der Waals surface area contributed by atoms with Crippen LogP contribution in [-0.4, -0.2) is 44.4 Å². The Morgan fingerprint density at radius 3 is 2.62 bits per heavy atom. The summed E-state index contributed by atoms with van der Waals surface area (Å²) in [5, 5.41) is 11.0. The van der Waals surface area contributed by atoms with Gasteiger partial charge in [-0.05, 0) is 38.1 Å². The average molecular weight is 378 g/mol. The fourth-order valence-electron chi connectivity index (χ4n) is 2.28. The lowest BCUT2D eigenvalue weighted by molar-refractivity contribution is -0.387. The fourth-order valence-corrected chi connectivity index (χ4v) is 4.00. The van der Waals surface area contributed by atoms with E-state index in [1.165, 1.54) is 18.2 Å². The number of hydrogen-bond acceptors (Lipinski definition) is 5. The highest BCUT2D eigenvalue weighted by Crippen LogP contribution is 2.26. The standard InChI is InChI=1S/C12H16BrN3O4S/c13-10-3-4-11(16(17)18)12(9-10)21(19,20)14-5-8-15-6-1-2-7-15/h3-4,9,14H,1-2,5-8H2. The number of benzene rings is 1. The van der Waals surface area contributed by atoms with E-state index in [1.54, 1.807) is 0 Å². The van der Waals surface area contributed by atoms with E-state index in [4.69, 9.17) is 0 Å². The number of nitrogens with one attached hydrogen (secondary N) is 1. The smallest absolute Gasteiger partial charge is 0.289 e. The predicted octanol–water partition coefficient (Wildman–Crippen LogP) is 1.73. The maximum absolute atomic E-state index is 12.2. The maximum atomic E-state index is 12.2. The van der Waals surface area contributed by atoms with E-state index in [1.807, 2.05) is 0 Å². The Morgan fingerprint density at radius 1 is 1.33 bits per heavy atom. The molecule has 0 bridgehead atoms. The van der Waals surface area contributed by atoms with Gasteiger partial charge in [0, 0.05) is 23.6 Å². The number of halogens is 1. The van der Waals surface area contributed by atoms with Crippen molar-refractivity contribution in [2.24, 2.45) is 0 Å². The Balaban J connectivity index is 2.11. The van der Waals surface area contributed by atoms with E-state index in [0.717, 1.165) is 25.9 Å². The number of hydrogen-bond donors (Lipinski definition) is 1. The fraction of sp³-hybridized carbons (Fsp3) is 0.500. The van der Waals surface area contributed by atoms with Crippen LogP contribution in [0.3, 0.4) is 0 Å². The minimum Gasteiger partial charge on any atom is -0.302 e. The Bertz CT molecular complexity index is 629. The van der Waals surface area contributed by atoms with Crippen molar-refractivity contribution in [2.75, 3.05) is 26.2 Å². The molecular weight excluding hydrogens is 362 g/mol. The molecule has 1 aliphatic heterocycles. The lowest BCUT2D eigenvalue weighted by Gasteiger charge is -2.14. The molecule has 0 amide bonds. The van der Waals surface area contributed by atoms with Crippen molar-refractivity contribution in [3.8, 4) is 0 Å². The second-order valence-corrected chi connectivity index (χ2v) is 7.47. The summed E-state index contributed by atoms with van der Waals surface area (Å²) in [6, 6.07) is 3.87. The first-order chi connectivity index (χ1) is 9.90. The highest BCUT2D eigenvalue weighted by atomic mass is 79.9. The molecule has 0 aliphatic carbocycles. The summed E-state index contributed by atoms with van der Waals surface area (Å²) >= 11 is 3.14. The van der Waals surface area contributed by atoms with E-state index >= 15 is 0 Å². The zero-order chi connectivity index (χ0) is 15.5. The summed E-state index contributed by atoms with van der Waals surface area (Å²) in [6.45, 7) is 2.80. The van der Waals surface area contributed by atoms with Crippen LogP contribution in [0, 0.1) is 10.1 Å². The Labute approximate surface area is 131 Å². The molecule has 0 unspecified atom stereocenters. The lowest BCUT2D eigenvalue weighted by atomic mass is 10.3. The Hall–Kier alpha value is -1.03. The molecule has 2 rings (SSSR count). The molecule has 0 radical (unpaired) electrons. The molecule has 1 saturated heterocycles. The molecule has 0 saturated carbocycles. The van der Waals surface area contributed by atoms with E-state index in [9.17, 15) is 18.5 Å². The van der Waals surface area contributed by atoms with Gasteiger partial charge in [-0.15, -0.1) is 0 Å². The van der Waals surface area contributed by atoms with Crippen LogP contribution >= 0.6 is 15.9 Å². The second kappa shape index (κ2) is 6.82. The molecule has 9 heteroatoms. The van der Waals surface area contributed by atoms with Gasteiger partial charge in [0.2, 0.25) is 10.0 Å². The summed E-state index contributed by atoms with van der Waals surface area (Å²) in [6.07, 6.45) is 2.26. The molecular formula is C12H16BrN3O4S. The van der Waals surface area contributed by atoms with Gasteiger partial charge in [0.15, 0.2) is 4.90 Å². The van der Waals surface area contributed by atoms with Crippen LogP contribution in [0.25, 0.3) is 0 Å². The van der Waals surface area contributed by atoms with Crippen molar-refractivity contribution in [2.45, 2.75) is 17.7 Å². The highest BCUT2D eigenvalue weighted by Gasteiger charge is 2.26. The van der Waals surface area contributed by atoms with Crippen LogP contribution < -0.4 is 4.72 Å². The second-order valence-electron chi connectivity index (χ2n) is 4.82. The molecule has 21 heavy (non-hydrogen) atoms. The molecule has 1 heterocycles. The number of nitrogens with zero attached hydrogens (tertiary/aromatic N) is 2. The quantitative estimate of drug-likeness (QED) is 0.601. The van der Waals surface area contributed by atoms with E-state index in [2.05, 4.69) is 25.6 Å². The summed E-state index contributed by atoms with van der Waals surface area (Å²) in [5.74, 6) is 0. The first-order valence-electron chi connectivity index (χ1n) is 6.56. The van der Waals surface area contributed by atoms with Crippen molar-refractivity contribution in [1.29, 1.82) is 0 Å². The number of nitro groups is 1. The van der Waals surface area contributed by atoms with Gasteiger partial charge in [-0.2, -0.15) is 0 Å². The van der Waals surface area contributed by atoms with Gasteiger partial charge in [0.1, 0.15) is 0 Å². The van der Waals surface area contributed by atoms with Crippen LogP contribution in [0.4, 0.5) is 5.69 Å². The summed E-state index contributed by atoms with van der Waals surface area (Å²) in [4.78, 5) is 12.1. The molecule has 0 aromatic heterocycles. The summed E-state index contributed by atoms with van der Waals surface area (Å²) in [5.41, 5.74) is -0.424. The third kappa shape index (κ3) is 4.22. The van der Waals surface area contributed by atoms with Crippen LogP contribution in [0.15, 0.2) is 27.6 Å². The third-order valence-electron chi connectivity index (χ3n) is 3.33. The van der Waals surface area contributed by atoms with Crippen molar-refractivity contribution in [1.82, 2.24) is 9.62 Å². The van der Waals surface area contributed by atoms with Crippen molar-refractivity contribution < 1.29 is 13.3 Å². The number of likely N-dealkylation sites (tertiary alicyclic amines) is 1. The number of rotatable bonds is 6. The van der Waals surface area contributed by atoms with Gasteiger partial charge >= 0.3 is 0 Å². The molecule has 0 atom stereocenters. The highest BCUT2D eigenvalue weighted by molar-refractivity contribution is 9.10. The van der Waals surface area contributed by atoms with E-state index in [0.29, 0.717) is 11.0 Å². The summed E-state index contributed by atoms with van der Waals surface area (Å²) < 4.78 is 27.4. The largest absolute Gasteiger partial charge is 0.302 e. The molecule has 116 valence electrons. The zero-order valence-electron chi connectivity index (χ0n) is 11.3. The van der Waals surface area contributed by atoms with Gasteiger partial charge in [0.25, 0.3) is 5.69 Å². The van der Waals surface area contributed by atoms with Gasteiger partial charge in [0.05, 0.1) is 4.92 Å². The molecule has 0 spiro atoms. The number of nitro benzene ring substituents is 1. The molecule has 1 fully saturated rings. The van der Waals surface area contributed by atoms with Gasteiger partial charge < -0.3 is 4.90 Å². The Morgan fingerprint density at radius 2 is 2.00 bits per heavy atom. The van der Waals surface area contributed by atoms with E-state index in [-0.39, 0.29) is 11.4 Å². The van der Waals surface area contributed by atoms with Crippen LogP contribution in [0.2, 0.25) is 0 Å². The number of sulfonamides is 1.